The van der Waals surface area contributed by atoms with Gasteiger partial charge in [0.2, 0.25) is 0 Å². The van der Waals surface area contributed by atoms with E-state index in [0.29, 0.717) is 11.1 Å². The fraction of sp³-hybridized carbons (Fsp3) is 0.867. The average Bonchev–Trinajstić information content (AvgIpc) is 2.28. The highest BCUT2D eigenvalue weighted by atomic mass is 127. The second-order valence-corrected chi connectivity index (χ2v) is 12.5. The maximum atomic E-state index is 6.63. The van der Waals surface area contributed by atoms with Crippen LogP contribution in [-0.4, -0.2) is 14.4 Å². The van der Waals surface area contributed by atoms with Gasteiger partial charge < -0.3 is 4.43 Å². The molecule has 0 aromatic carbocycles. The molecule has 18 heavy (non-hydrogen) atoms. The van der Waals surface area contributed by atoms with Gasteiger partial charge in [-0.15, -0.1) is 0 Å². The van der Waals surface area contributed by atoms with Gasteiger partial charge in [-0.25, -0.2) is 0 Å². The van der Waals surface area contributed by atoms with E-state index in [1.807, 2.05) is 0 Å². The van der Waals surface area contributed by atoms with Gasteiger partial charge in [-0.3, -0.25) is 0 Å². The van der Waals surface area contributed by atoms with Crippen LogP contribution in [0.25, 0.3) is 0 Å². The molecule has 1 rings (SSSR count). The van der Waals surface area contributed by atoms with E-state index in [0.717, 1.165) is 5.92 Å². The highest BCUT2D eigenvalue weighted by Gasteiger charge is 2.40. The summed E-state index contributed by atoms with van der Waals surface area (Å²) in [5.74, 6) is 0.749. The molecular formula is C15H29IOSi. The van der Waals surface area contributed by atoms with Crippen LogP contribution in [0.3, 0.4) is 0 Å². The first kappa shape index (κ1) is 16.7. The zero-order valence-corrected chi connectivity index (χ0v) is 15.8. The molecule has 0 heterocycles. The van der Waals surface area contributed by atoms with Gasteiger partial charge in [-0.05, 0) is 41.0 Å². The highest BCUT2D eigenvalue weighted by Crippen LogP contribution is 2.40. The molecule has 0 aromatic heterocycles. The molecule has 0 bridgehead atoms. The molecule has 0 amide bonds. The smallest absolute Gasteiger partial charge is 0.192 e. The van der Waals surface area contributed by atoms with E-state index < -0.39 is 8.32 Å². The summed E-state index contributed by atoms with van der Waals surface area (Å²) in [5.41, 5.74) is 0. The van der Waals surface area contributed by atoms with Crippen LogP contribution in [0.4, 0.5) is 0 Å². The molecule has 3 heteroatoms. The van der Waals surface area contributed by atoms with E-state index in [4.69, 9.17) is 4.43 Å². The largest absolute Gasteiger partial charge is 0.410 e. The first-order chi connectivity index (χ1) is 8.28. The topological polar surface area (TPSA) is 9.23 Å². The van der Waals surface area contributed by atoms with E-state index in [1.165, 1.54) is 32.1 Å². The van der Waals surface area contributed by atoms with Crippen molar-refractivity contribution in [1.29, 1.82) is 0 Å². The molecule has 1 fully saturated rings. The van der Waals surface area contributed by atoms with Crippen LogP contribution < -0.4 is 0 Å². The molecule has 1 nitrogen and oxygen atoms in total. The SMILES string of the molecule is CC(C)(C)[Si](C)(C)OC(/C=C/I)C1CCCCC1. The van der Waals surface area contributed by atoms with Crippen LogP contribution in [-0.2, 0) is 4.43 Å². The molecule has 1 aliphatic rings. The van der Waals surface area contributed by atoms with Gasteiger partial charge in [0.25, 0.3) is 0 Å². The van der Waals surface area contributed by atoms with Crippen molar-refractivity contribution in [2.75, 3.05) is 0 Å². The fourth-order valence-electron chi connectivity index (χ4n) is 2.34. The Hall–Kier alpha value is 0.647. The predicted octanol–water partition coefficient (Wildman–Crippen LogP) is 5.91. The van der Waals surface area contributed by atoms with Gasteiger partial charge in [0.1, 0.15) is 0 Å². The number of halogens is 1. The minimum absolute atomic E-state index is 0.305. The predicted molar refractivity (Wildman–Crippen MR) is 91.8 cm³/mol. The molecule has 1 saturated carbocycles. The monoisotopic (exact) mass is 380 g/mol. The minimum Gasteiger partial charge on any atom is -0.410 e. The van der Waals surface area contributed by atoms with Crippen LogP contribution in [0, 0.1) is 5.92 Å². The minimum atomic E-state index is -1.64. The lowest BCUT2D eigenvalue weighted by molar-refractivity contribution is 0.132. The van der Waals surface area contributed by atoms with Crippen molar-refractivity contribution in [1.82, 2.24) is 0 Å². The fourth-order valence-corrected chi connectivity index (χ4v) is 4.06. The summed E-state index contributed by atoms with van der Waals surface area (Å²) in [5, 5.41) is 0.305. The van der Waals surface area contributed by atoms with Crippen molar-refractivity contribution in [3.63, 3.8) is 0 Å². The zero-order valence-electron chi connectivity index (χ0n) is 12.6. The number of rotatable bonds is 4. The van der Waals surface area contributed by atoms with Gasteiger partial charge >= 0.3 is 0 Å². The standard InChI is InChI=1S/C15H29IOSi/c1-15(2,3)18(4,5)17-14(11-12-16)13-9-7-6-8-10-13/h11-14H,6-10H2,1-5H3/b12-11+. The maximum absolute atomic E-state index is 6.63. The Balaban J connectivity index is 2.73. The van der Waals surface area contributed by atoms with Crippen LogP contribution in [0.1, 0.15) is 52.9 Å². The molecule has 0 spiro atoms. The van der Waals surface area contributed by atoms with Crippen LogP contribution >= 0.6 is 22.6 Å². The van der Waals surface area contributed by atoms with Crippen molar-refractivity contribution in [2.45, 2.75) is 77.1 Å². The third kappa shape index (κ3) is 4.64. The summed E-state index contributed by atoms with van der Waals surface area (Å²) < 4.78 is 8.77. The lowest BCUT2D eigenvalue weighted by atomic mass is 9.85. The van der Waals surface area contributed by atoms with Gasteiger partial charge in [0.15, 0.2) is 8.32 Å². The quantitative estimate of drug-likeness (QED) is 0.435. The Morgan fingerprint density at radius 2 is 1.72 bits per heavy atom. The van der Waals surface area contributed by atoms with Crippen molar-refractivity contribution in [3.05, 3.63) is 10.2 Å². The van der Waals surface area contributed by atoms with Gasteiger partial charge in [-0.1, -0.05) is 68.7 Å². The van der Waals surface area contributed by atoms with Crippen molar-refractivity contribution >= 4 is 30.9 Å². The average molecular weight is 380 g/mol. The zero-order chi connectivity index (χ0) is 13.8. The summed E-state index contributed by atoms with van der Waals surface area (Å²) >= 11 is 2.33. The van der Waals surface area contributed by atoms with Gasteiger partial charge in [0, 0.05) is 0 Å². The Morgan fingerprint density at radius 1 is 1.17 bits per heavy atom. The Morgan fingerprint density at radius 3 is 2.17 bits per heavy atom. The first-order valence-corrected chi connectivity index (χ1v) is 11.4. The van der Waals surface area contributed by atoms with Gasteiger partial charge in [0.05, 0.1) is 6.10 Å². The number of hydrogen-bond donors (Lipinski definition) is 0. The third-order valence-electron chi connectivity index (χ3n) is 4.61. The van der Waals surface area contributed by atoms with Crippen LogP contribution in [0.5, 0.6) is 0 Å². The normalized spacial score (nSPS) is 21.4. The third-order valence-corrected chi connectivity index (χ3v) is 9.50. The molecule has 0 N–H and O–H groups in total. The lowest BCUT2D eigenvalue weighted by Crippen LogP contribution is -2.45. The molecule has 1 unspecified atom stereocenters. The van der Waals surface area contributed by atoms with E-state index in [9.17, 15) is 0 Å². The molecule has 0 saturated heterocycles. The lowest BCUT2D eigenvalue weighted by Gasteiger charge is -2.41. The van der Waals surface area contributed by atoms with E-state index in [-0.39, 0.29) is 0 Å². The van der Waals surface area contributed by atoms with Crippen LogP contribution in [0.2, 0.25) is 18.1 Å². The number of hydrogen-bond acceptors (Lipinski definition) is 1. The highest BCUT2D eigenvalue weighted by molar-refractivity contribution is 14.1. The molecule has 0 aliphatic heterocycles. The molecule has 106 valence electrons. The van der Waals surface area contributed by atoms with Crippen LogP contribution in [0.15, 0.2) is 10.2 Å². The maximum Gasteiger partial charge on any atom is 0.192 e. The second kappa shape index (κ2) is 6.89. The summed E-state index contributed by atoms with van der Waals surface area (Å²) in [6.07, 6.45) is 9.52. The van der Waals surface area contributed by atoms with Gasteiger partial charge in [-0.2, -0.15) is 0 Å². The van der Waals surface area contributed by atoms with Crippen molar-refractivity contribution in [2.24, 2.45) is 5.92 Å². The Kier molecular flexibility index (Phi) is 6.39. The van der Waals surface area contributed by atoms with Crippen molar-refractivity contribution < 1.29 is 4.43 Å². The Bertz CT molecular complexity index is 275. The second-order valence-electron chi connectivity index (χ2n) is 7.06. The first-order valence-electron chi connectivity index (χ1n) is 7.22. The van der Waals surface area contributed by atoms with Crippen molar-refractivity contribution in [3.8, 4) is 0 Å². The van der Waals surface area contributed by atoms with E-state index >= 15 is 0 Å². The van der Waals surface area contributed by atoms with E-state index in [2.05, 4.69) is 66.6 Å². The summed E-state index contributed by atoms with van der Waals surface area (Å²) in [6.45, 7) is 11.7. The molecule has 1 aliphatic carbocycles. The summed E-state index contributed by atoms with van der Waals surface area (Å²) in [7, 11) is -1.64. The Labute approximate surface area is 128 Å². The summed E-state index contributed by atoms with van der Waals surface area (Å²) in [6, 6.07) is 0. The molecule has 0 radical (unpaired) electrons. The molecule has 0 aromatic rings. The summed E-state index contributed by atoms with van der Waals surface area (Å²) in [4.78, 5) is 0. The van der Waals surface area contributed by atoms with E-state index in [1.54, 1.807) is 0 Å². The molecular weight excluding hydrogens is 351 g/mol. The molecule has 1 atom stereocenters.